The second-order valence-corrected chi connectivity index (χ2v) is 8.42. The maximum atomic E-state index is 6.17. The van der Waals surface area contributed by atoms with Gasteiger partial charge in [0.1, 0.15) is 0 Å². The lowest BCUT2D eigenvalue weighted by Crippen LogP contribution is -2.25. The first kappa shape index (κ1) is 23.5. The van der Waals surface area contributed by atoms with Gasteiger partial charge in [0.25, 0.3) is 0 Å². The summed E-state index contributed by atoms with van der Waals surface area (Å²) in [6.45, 7) is 17.3. The molecule has 0 saturated carbocycles. The van der Waals surface area contributed by atoms with E-state index < -0.39 is 0 Å². The molecular weight excluding hydrogens is 404 g/mol. The number of benzene rings is 2. The van der Waals surface area contributed by atoms with Crippen LogP contribution in [0.15, 0.2) is 42.6 Å². The Morgan fingerprint density at radius 3 is 1.97 bits per heavy atom. The summed E-state index contributed by atoms with van der Waals surface area (Å²) >= 11 is 6.17. The third-order valence-corrected chi connectivity index (χ3v) is 6.42. The van der Waals surface area contributed by atoms with E-state index in [0.29, 0.717) is 5.02 Å². The van der Waals surface area contributed by atoms with E-state index >= 15 is 0 Å². The maximum absolute atomic E-state index is 6.17. The van der Waals surface area contributed by atoms with Crippen molar-refractivity contribution in [2.75, 3.05) is 31.5 Å². The van der Waals surface area contributed by atoms with Crippen molar-refractivity contribution in [2.24, 2.45) is 0 Å². The fourth-order valence-electron chi connectivity index (χ4n) is 4.00. The van der Waals surface area contributed by atoms with Crippen LogP contribution in [0.1, 0.15) is 44.4 Å². The minimum Gasteiger partial charge on any atom is -0.355 e. The zero-order chi connectivity index (χ0) is 22.4. The molecule has 4 nitrogen and oxygen atoms in total. The van der Waals surface area contributed by atoms with E-state index in [1.165, 1.54) is 16.7 Å². The Bertz CT molecular complexity index is 974. The van der Waals surface area contributed by atoms with Crippen molar-refractivity contribution in [3.05, 3.63) is 64.3 Å². The van der Waals surface area contributed by atoms with Gasteiger partial charge in [-0.2, -0.15) is 0 Å². The van der Waals surface area contributed by atoms with Crippen molar-refractivity contribution in [3.63, 3.8) is 0 Å². The van der Waals surface area contributed by atoms with E-state index in [4.69, 9.17) is 11.6 Å². The van der Waals surface area contributed by atoms with Gasteiger partial charge in [-0.05, 0) is 86.2 Å². The Hall–Kier alpha value is -2.14. The molecule has 0 saturated heterocycles. The average molecular weight is 439 g/mol. The van der Waals surface area contributed by atoms with Gasteiger partial charge in [-0.3, -0.25) is 14.8 Å². The third kappa shape index (κ3) is 5.76. The van der Waals surface area contributed by atoms with Crippen molar-refractivity contribution in [1.82, 2.24) is 14.8 Å². The van der Waals surface area contributed by atoms with Crippen molar-refractivity contribution >= 4 is 33.9 Å². The van der Waals surface area contributed by atoms with Crippen LogP contribution in [0.25, 0.3) is 10.9 Å². The average Bonchev–Trinajstić information content (AvgIpc) is 2.78. The summed E-state index contributed by atoms with van der Waals surface area (Å²) in [5.74, 6) is 0. The molecular formula is C26H35ClN4. The summed E-state index contributed by atoms with van der Waals surface area (Å²) in [4.78, 5) is 9.42. The maximum Gasteiger partial charge on any atom is 0.0737 e. The monoisotopic (exact) mass is 438 g/mol. The topological polar surface area (TPSA) is 31.4 Å². The van der Waals surface area contributed by atoms with Crippen molar-refractivity contribution in [2.45, 2.75) is 47.7 Å². The second kappa shape index (κ2) is 10.9. The molecule has 5 heteroatoms. The quantitative estimate of drug-likeness (QED) is 0.385. The lowest BCUT2D eigenvalue weighted by Gasteiger charge is -2.25. The summed E-state index contributed by atoms with van der Waals surface area (Å²) in [5.41, 5.74) is 7.24. The number of aromatic nitrogens is 1. The fraction of sp³-hybridized carbons (Fsp3) is 0.423. The first-order valence-corrected chi connectivity index (χ1v) is 11.7. The molecule has 0 atom stereocenters. The molecule has 1 N–H and O–H groups in total. The summed E-state index contributed by atoms with van der Waals surface area (Å²) in [7, 11) is 0. The van der Waals surface area contributed by atoms with E-state index in [1.54, 1.807) is 0 Å². The Morgan fingerprint density at radius 2 is 1.42 bits per heavy atom. The first-order chi connectivity index (χ1) is 15.0. The van der Waals surface area contributed by atoms with E-state index in [0.717, 1.165) is 61.5 Å². The molecule has 0 spiro atoms. The fourth-order valence-corrected chi connectivity index (χ4v) is 4.17. The molecule has 166 valence electrons. The molecule has 3 rings (SSSR count). The highest BCUT2D eigenvalue weighted by atomic mass is 35.5. The van der Waals surface area contributed by atoms with Crippen LogP contribution in [0.3, 0.4) is 0 Å². The number of anilines is 2. The van der Waals surface area contributed by atoms with Crippen LogP contribution in [-0.2, 0) is 13.1 Å². The molecule has 0 aliphatic rings. The van der Waals surface area contributed by atoms with Gasteiger partial charge >= 0.3 is 0 Å². The predicted octanol–water partition coefficient (Wildman–Crippen LogP) is 6.62. The largest absolute Gasteiger partial charge is 0.355 e. The van der Waals surface area contributed by atoms with Crippen LogP contribution >= 0.6 is 11.6 Å². The number of hydrogen-bond donors (Lipinski definition) is 1. The number of hydrogen-bond acceptors (Lipinski definition) is 4. The summed E-state index contributed by atoms with van der Waals surface area (Å²) in [6, 6.07) is 12.5. The minimum atomic E-state index is 0.704. The van der Waals surface area contributed by atoms with Crippen LogP contribution in [0.5, 0.6) is 0 Å². The van der Waals surface area contributed by atoms with Crippen molar-refractivity contribution in [3.8, 4) is 0 Å². The van der Waals surface area contributed by atoms with Gasteiger partial charge in [-0.15, -0.1) is 0 Å². The third-order valence-electron chi connectivity index (χ3n) is 6.18. The van der Waals surface area contributed by atoms with E-state index in [9.17, 15) is 0 Å². The van der Waals surface area contributed by atoms with Gasteiger partial charge in [0.15, 0.2) is 0 Å². The van der Waals surface area contributed by atoms with Crippen molar-refractivity contribution in [1.29, 1.82) is 0 Å². The molecule has 0 radical (unpaired) electrons. The number of rotatable bonds is 10. The highest BCUT2D eigenvalue weighted by Crippen LogP contribution is 2.30. The van der Waals surface area contributed by atoms with Gasteiger partial charge < -0.3 is 5.32 Å². The standard InChI is InChI=1S/C26H35ClN4/c1-6-30(7-2)17-20-14-23(15-21(19(20)5)18-31(8-3)9-4)29-25-12-13-28-26-16-22(27)10-11-24(25)26/h10-16H,6-9,17-18H2,1-5H3,(H,28,29). The normalized spacial score (nSPS) is 11.6. The molecule has 1 aromatic heterocycles. The van der Waals surface area contributed by atoms with Gasteiger partial charge in [0.2, 0.25) is 0 Å². The zero-order valence-corrected chi connectivity index (χ0v) is 20.3. The Labute approximate surface area is 192 Å². The van der Waals surface area contributed by atoms with E-state index in [1.807, 2.05) is 30.5 Å². The lowest BCUT2D eigenvalue weighted by atomic mass is 9.99. The Balaban J connectivity index is 2.02. The van der Waals surface area contributed by atoms with Gasteiger partial charge in [0.05, 0.1) is 5.52 Å². The molecule has 0 unspecified atom stereocenters. The minimum absolute atomic E-state index is 0.704. The Kier molecular flexibility index (Phi) is 8.30. The number of nitrogens with one attached hydrogen (secondary N) is 1. The van der Waals surface area contributed by atoms with Gasteiger partial charge in [0, 0.05) is 41.1 Å². The van der Waals surface area contributed by atoms with Gasteiger partial charge in [-0.1, -0.05) is 39.3 Å². The molecule has 0 fully saturated rings. The van der Waals surface area contributed by atoms with Crippen LogP contribution in [-0.4, -0.2) is 41.0 Å². The van der Waals surface area contributed by atoms with Crippen LogP contribution < -0.4 is 5.32 Å². The molecule has 31 heavy (non-hydrogen) atoms. The number of fused-ring (bicyclic) bond motifs is 1. The Morgan fingerprint density at radius 1 is 0.839 bits per heavy atom. The molecule has 2 aromatic carbocycles. The van der Waals surface area contributed by atoms with E-state index in [2.05, 4.69) is 66.9 Å². The highest BCUT2D eigenvalue weighted by molar-refractivity contribution is 6.31. The first-order valence-electron chi connectivity index (χ1n) is 11.4. The second-order valence-electron chi connectivity index (χ2n) is 7.99. The molecule has 0 bridgehead atoms. The molecule has 0 aliphatic carbocycles. The van der Waals surface area contributed by atoms with Crippen molar-refractivity contribution < 1.29 is 0 Å². The van der Waals surface area contributed by atoms with Crippen LogP contribution in [0, 0.1) is 6.92 Å². The molecule has 0 aliphatic heterocycles. The number of nitrogens with zero attached hydrogens (tertiary/aromatic N) is 3. The number of halogens is 1. The smallest absolute Gasteiger partial charge is 0.0737 e. The molecule has 0 amide bonds. The van der Waals surface area contributed by atoms with E-state index in [-0.39, 0.29) is 0 Å². The predicted molar refractivity (Wildman–Crippen MR) is 134 cm³/mol. The SMILES string of the molecule is CCN(CC)Cc1cc(Nc2ccnc3cc(Cl)ccc23)cc(CN(CC)CC)c1C. The summed E-state index contributed by atoms with van der Waals surface area (Å²) in [6.07, 6.45) is 1.84. The summed E-state index contributed by atoms with van der Waals surface area (Å²) < 4.78 is 0. The van der Waals surface area contributed by atoms with Crippen LogP contribution in [0.4, 0.5) is 11.4 Å². The summed E-state index contributed by atoms with van der Waals surface area (Å²) in [5, 5.41) is 5.45. The van der Waals surface area contributed by atoms with Gasteiger partial charge in [-0.25, -0.2) is 0 Å². The lowest BCUT2D eigenvalue weighted by molar-refractivity contribution is 0.290. The number of pyridine rings is 1. The zero-order valence-electron chi connectivity index (χ0n) is 19.5. The van der Waals surface area contributed by atoms with Crippen LogP contribution in [0.2, 0.25) is 5.02 Å². The molecule has 3 aromatic rings. The molecule has 1 heterocycles. The highest BCUT2D eigenvalue weighted by Gasteiger charge is 2.13.